The van der Waals surface area contributed by atoms with E-state index in [9.17, 15) is 34.8 Å². The van der Waals surface area contributed by atoms with Gasteiger partial charge in [0.25, 0.3) is 0 Å². The van der Waals surface area contributed by atoms with Gasteiger partial charge < -0.3 is 9.47 Å². The van der Waals surface area contributed by atoms with Crippen LogP contribution in [0, 0.1) is 0 Å². The zero-order chi connectivity index (χ0) is 26.4. The van der Waals surface area contributed by atoms with Gasteiger partial charge in [-0.1, -0.05) is 48.5 Å². The second-order valence-electron chi connectivity index (χ2n) is 7.63. The smallest absolute Gasteiger partial charge is 0.491 e. The maximum Gasteiger partial charge on any atom is 0.573 e. The van der Waals surface area contributed by atoms with Crippen LogP contribution in [0.2, 0.25) is 0 Å². The number of unbranched alkanes of at least 4 members (excludes halogenated alkanes) is 1. The summed E-state index contributed by atoms with van der Waals surface area (Å²) in [7, 11) is -5.70. The van der Waals surface area contributed by atoms with Crippen molar-refractivity contribution < 1.29 is 44.2 Å². The number of alkyl halides is 6. The molecule has 1 N–H and O–H groups in total. The third-order valence-electron chi connectivity index (χ3n) is 4.91. The van der Waals surface area contributed by atoms with E-state index >= 15 is 0 Å². The van der Waals surface area contributed by atoms with Crippen LogP contribution in [0.3, 0.4) is 0 Å². The molecule has 194 valence electrons. The van der Waals surface area contributed by atoms with Gasteiger partial charge in [-0.05, 0) is 60.2 Å². The molecular weight excluding hydrogens is 512 g/mol. The Kier molecular flexibility index (Phi) is 8.39. The standard InChI is InChI=1S/C24H21F6NO4S/c25-23(26,27)35-20-12-9-18(10-13-20)19-11-14-21(31-36(32,33)24(28,29)30)22(16-19)34-15-5-4-8-17-6-2-1-3-7-17/h1-3,6-7,9-14,16,31H,4-5,8,15H2. The summed E-state index contributed by atoms with van der Waals surface area (Å²) >= 11 is 0. The molecule has 0 saturated heterocycles. The topological polar surface area (TPSA) is 64.6 Å². The van der Waals surface area contributed by atoms with Crippen molar-refractivity contribution in [1.29, 1.82) is 0 Å². The Labute approximate surface area is 203 Å². The third-order valence-corrected chi connectivity index (χ3v) is 6.01. The minimum absolute atomic E-state index is 0.0927. The maximum absolute atomic E-state index is 12.9. The highest BCUT2D eigenvalue weighted by Gasteiger charge is 2.46. The molecule has 0 fully saturated rings. The summed E-state index contributed by atoms with van der Waals surface area (Å²) in [5.74, 6) is -0.605. The quantitative estimate of drug-likeness (QED) is 0.227. The first-order valence-corrected chi connectivity index (χ1v) is 12.1. The lowest BCUT2D eigenvalue weighted by molar-refractivity contribution is -0.274. The highest BCUT2D eigenvalue weighted by atomic mass is 32.2. The van der Waals surface area contributed by atoms with E-state index in [-0.39, 0.29) is 12.4 Å². The summed E-state index contributed by atoms with van der Waals surface area (Å²) in [4.78, 5) is 0. The van der Waals surface area contributed by atoms with Crippen molar-refractivity contribution in [3.8, 4) is 22.6 Å². The minimum atomic E-state index is -5.70. The molecule has 0 aliphatic heterocycles. The van der Waals surface area contributed by atoms with Crippen LogP contribution in [-0.2, 0) is 16.4 Å². The molecule has 0 radical (unpaired) electrons. The summed E-state index contributed by atoms with van der Waals surface area (Å²) in [5, 5.41) is 0. The van der Waals surface area contributed by atoms with E-state index < -0.39 is 33.3 Å². The summed E-state index contributed by atoms with van der Waals surface area (Å²) in [5.41, 5.74) is -4.06. The average molecular weight is 533 g/mol. The van der Waals surface area contributed by atoms with E-state index in [0.717, 1.165) is 30.2 Å². The SMILES string of the molecule is O=S(=O)(Nc1ccc(-c2ccc(OC(F)(F)F)cc2)cc1OCCCCc1ccccc1)C(F)(F)F. The Morgan fingerprint density at radius 3 is 2.03 bits per heavy atom. The minimum Gasteiger partial charge on any atom is -0.491 e. The molecule has 0 aliphatic rings. The monoisotopic (exact) mass is 533 g/mol. The number of sulfonamides is 1. The number of nitrogens with one attached hydrogen (secondary N) is 1. The van der Waals surface area contributed by atoms with Crippen molar-refractivity contribution in [3.63, 3.8) is 0 Å². The predicted octanol–water partition coefficient (Wildman–Crippen LogP) is 6.92. The van der Waals surface area contributed by atoms with Crippen LogP contribution >= 0.6 is 0 Å². The highest BCUT2D eigenvalue weighted by Crippen LogP contribution is 2.35. The van der Waals surface area contributed by atoms with Crippen molar-refractivity contribution >= 4 is 15.7 Å². The van der Waals surface area contributed by atoms with Crippen LogP contribution in [0.15, 0.2) is 72.8 Å². The van der Waals surface area contributed by atoms with E-state index in [1.807, 2.05) is 30.3 Å². The van der Waals surface area contributed by atoms with Gasteiger partial charge in [-0.25, -0.2) is 0 Å². The first-order valence-electron chi connectivity index (χ1n) is 10.6. The van der Waals surface area contributed by atoms with Gasteiger partial charge in [-0.2, -0.15) is 21.6 Å². The molecule has 12 heteroatoms. The normalized spacial score (nSPS) is 12.3. The van der Waals surface area contributed by atoms with Gasteiger partial charge >= 0.3 is 21.9 Å². The third kappa shape index (κ3) is 7.80. The van der Waals surface area contributed by atoms with Crippen LogP contribution in [0.1, 0.15) is 18.4 Å². The Bertz CT molecular complexity index is 1240. The van der Waals surface area contributed by atoms with Gasteiger partial charge in [0.15, 0.2) is 0 Å². The Morgan fingerprint density at radius 2 is 1.42 bits per heavy atom. The number of benzene rings is 3. The Morgan fingerprint density at radius 1 is 0.778 bits per heavy atom. The second kappa shape index (κ2) is 11.1. The fourth-order valence-electron chi connectivity index (χ4n) is 3.22. The molecule has 0 amide bonds. The lowest BCUT2D eigenvalue weighted by Crippen LogP contribution is -2.30. The molecule has 3 aromatic rings. The highest BCUT2D eigenvalue weighted by molar-refractivity contribution is 7.93. The van der Waals surface area contributed by atoms with Crippen LogP contribution in [-0.4, -0.2) is 26.9 Å². The van der Waals surface area contributed by atoms with Gasteiger partial charge in [-0.3, -0.25) is 4.72 Å². The van der Waals surface area contributed by atoms with Crippen molar-refractivity contribution in [1.82, 2.24) is 0 Å². The van der Waals surface area contributed by atoms with Gasteiger partial charge in [-0.15, -0.1) is 13.2 Å². The number of ether oxygens (including phenoxy) is 2. The zero-order valence-electron chi connectivity index (χ0n) is 18.6. The lowest BCUT2D eigenvalue weighted by atomic mass is 10.0. The van der Waals surface area contributed by atoms with Gasteiger partial charge in [0.2, 0.25) is 0 Å². The molecule has 5 nitrogen and oxygen atoms in total. The van der Waals surface area contributed by atoms with E-state index in [1.165, 1.54) is 29.0 Å². The van der Waals surface area contributed by atoms with Gasteiger partial charge in [0.05, 0.1) is 12.3 Å². The molecular formula is C24H21F6NO4S. The molecule has 0 heterocycles. The molecule has 0 bridgehead atoms. The number of halogens is 6. The Balaban J connectivity index is 1.77. The van der Waals surface area contributed by atoms with Crippen LogP contribution in [0.25, 0.3) is 11.1 Å². The molecule has 36 heavy (non-hydrogen) atoms. The van der Waals surface area contributed by atoms with Gasteiger partial charge in [0, 0.05) is 0 Å². The van der Waals surface area contributed by atoms with E-state index in [0.29, 0.717) is 24.0 Å². The van der Waals surface area contributed by atoms with Crippen LogP contribution in [0.4, 0.5) is 32.0 Å². The molecule has 3 aromatic carbocycles. The second-order valence-corrected chi connectivity index (χ2v) is 9.30. The molecule has 0 unspecified atom stereocenters. The number of rotatable bonds is 10. The van der Waals surface area contributed by atoms with Crippen molar-refractivity contribution in [2.24, 2.45) is 0 Å². The lowest BCUT2D eigenvalue weighted by Gasteiger charge is -2.16. The number of aryl methyl sites for hydroxylation is 1. The first kappa shape index (κ1) is 27.2. The largest absolute Gasteiger partial charge is 0.573 e. The average Bonchev–Trinajstić information content (AvgIpc) is 2.79. The van der Waals surface area contributed by atoms with E-state index in [4.69, 9.17) is 4.74 Å². The van der Waals surface area contributed by atoms with Gasteiger partial charge in [0.1, 0.15) is 11.5 Å². The van der Waals surface area contributed by atoms with Crippen molar-refractivity contribution in [3.05, 3.63) is 78.4 Å². The van der Waals surface area contributed by atoms with Crippen LogP contribution < -0.4 is 14.2 Å². The zero-order valence-corrected chi connectivity index (χ0v) is 19.4. The van der Waals surface area contributed by atoms with Crippen LogP contribution in [0.5, 0.6) is 11.5 Å². The first-order chi connectivity index (χ1) is 16.8. The Hall–Kier alpha value is -3.41. The number of hydrogen-bond acceptors (Lipinski definition) is 4. The molecule has 0 aliphatic carbocycles. The maximum atomic E-state index is 12.9. The molecule has 0 aromatic heterocycles. The van der Waals surface area contributed by atoms with Crippen molar-refractivity contribution in [2.45, 2.75) is 31.1 Å². The number of hydrogen-bond donors (Lipinski definition) is 1. The summed E-state index contributed by atoms with van der Waals surface area (Å²) < 4.78 is 110. The summed E-state index contributed by atoms with van der Waals surface area (Å²) in [6.07, 6.45) is -2.85. The number of anilines is 1. The molecule has 3 rings (SSSR count). The predicted molar refractivity (Wildman–Crippen MR) is 122 cm³/mol. The van der Waals surface area contributed by atoms with Crippen molar-refractivity contribution in [2.75, 3.05) is 11.3 Å². The summed E-state index contributed by atoms with van der Waals surface area (Å²) in [6, 6.07) is 18.1. The molecule has 0 spiro atoms. The fraction of sp³-hybridized carbons (Fsp3) is 0.250. The molecule has 0 saturated carbocycles. The molecule has 0 atom stereocenters. The fourth-order valence-corrected chi connectivity index (χ4v) is 3.79. The van der Waals surface area contributed by atoms with E-state index in [1.54, 1.807) is 0 Å². The summed E-state index contributed by atoms with van der Waals surface area (Å²) in [6.45, 7) is 0.0927. The van der Waals surface area contributed by atoms with E-state index in [2.05, 4.69) is 4.74 Å².